The fraction of sp³-hybridized carbons (Fsp3) is 0.0741. The Balaban J connectivity index is 1.69. The molecule has 4 aromatic carbocycles. The average Bonchev–Trinajstić information content (AvgIpc) is 3.38. The van der Waals surface area contributed by atoms with E-state index in [4.69, 9.17) is 0 Å². The number of halogens is 6. The van der Waals surface area contributed by atoms with Crippen molar-refractivity contribution in [2.75, 3.05) is 0 Å². The van der Waals surface area contributed by atoms with Gasteiger partial charge in [0.2, 0.25) is 0 Å². The lowest BCUT2D eigenvalue weighted by Crippen LogP contribution is -2.09. The molecule has 0 saturated heterocycles. The van der Waals surface area contributed by atoms with E-state index in [9.17, 15) is 26.3 Å². The van der Waals surface area contributed by atoms with Crippen LogP contribution in [0.15, 0.2) is 72.8 Å². The highest BCUT2D eigenvalue weighted by Gasteiger charge is 2.35. The molecule has 36 heavy (non-hydrogen) atoms. The van der Waals surface area contributed by atoms with Crippen LogP contribution in [0, 0.1) is 17.5 Å². The van der Waals surface area contributed by atoms with Crippen molar-refractivity contribution >= 4 is 42.4 Å². The lowest BCUT2D eigenvalue weighted by molar-refractivity contribution is -0.136. The molecular weight excluding hydrogens is 498 g/mol. The molecule has 0 unspecified atom stereocenters. The minimum absolute atomic E-state index is 0.192. The van der Waals surface area contributed by atoms with E-state index in [0.29, 0.717) is 17.7 Å². The fourth-order valence-corrected chi connectivity index (χ4v) is 5.80. The van der Waals surface area contributed by atoms with Gasteiger partial charge in [-0.15, -0.1) is 11.3 Å². The highest BCUT2D eigenvalue weighted by Crippen LogP contribution is 2.43. The molecule has 6 rings (SSSR count). The van der Waals surface area contributed by atoms with Crippen LogP contribution in [0.3, 0.4) is 0 Å². The van der Waals surface area contributed by atoms with Gasteiger partial charge in [0.15, 0.2) is 0 Å². The third-order valence-electron chi connectivity index (χ3n) is 6.15. The zero-order chi connectivity index (χ0) is 25.2. The van der Waals surface area contributed by atoms with Gasteiger partial charge in [0.25, 0.3) is 0 Å². The Morgan fingerprint density at radius 1 is 0.778 bits per heavy atom. The van der Waals surface area contributed by atoms with Crippen molar-refractivity contribution in [2.24, 2.45) is 0 Å². The molecule has 0 N–H and O–H groups in total. The number of hydrogen-bond donors (Lipinski definition) is 0. The SMILES string of the molecule is Fc1cc(F)c(Cn2nc3c(C(F)(F)F)cccc3c2-c2cccc3c2sc2ccccc23)c(F)c1. The molecule has 0 bridgehead atoms. The minimum Gasteiger partial charge on any atom is -0.259 e. The van der Waals surface area contributed by atoms with Crippen molar-refractivity contribution in [3.05, 3.63) is 101 Å². The van der Waals surface area contributed by atoms with Gasteiger partial charge < -0.3 is 0 Å². The number of nitrogens with zero attached hydrogens (tertiary/aromatic N) is 2. The molecule has 6 aromatic rings. The van der Waals surface area contributed by atoms with Crippen LogP contribution < -0.4 is 0 Å². The predicted octanol–water partition coefficient (Wildman–Crippen LogP) is 8.56. The van der Waals surface area contributed by atoms with Crippen LogP contribution in [0.2, 0.25) is 0 Å². The first-order valence-electron chi connectivity index (χ1n) is 10.8. The van der Waals surface area contributed by atoms with Gasteiger partial charge in [-0.1, -0.05) is 48.5 Å². The summed E-state index contributed by atoms with van der Waals surface area (Å²) in [5.41, 5.74) is -0.915. The van der Waals surface area contributed by atoms with E-state index in [1.54, 1.807) is 12.1 Å². The Morgan fingerprint density at radius 3 is 2.19 bits per heavy atom. The summed E-state index contributed by atoms with van der Waals surface area (Å²) in [5.74, 6) is -3.38. The van der Waals surface area contributed by atoms with E-state index >= 15 is 0 Å². The highest BCUT2D eigenvalue weighted by molar-refractivity contribution is 7.26. The maximum absolute atomic E-state index is 14.5. The molecule has 0 fully saturated rings. The van der Waals surface area contributed by atoms with Crippen LogP contribution in [0.4, 0.5) is 26.3 Å². The summed E-state index contributed by atoms with van der Waals surface area (Å²) >= 11 is 1.47. The first kappa shape index (κ1) is 22.6. The molecule has 0 radical (unpaired) electrons. The lowest BCUT2D eigenvalue weighted by Gasteiger charge is -2.11. The molecule has 2 nitrogen and oxygen atoms in total. The van der Waals surface area contributed by atoms with Gasteiger partial charge in [-0.25, -0.2) is 13.2 Å². The molecular formula is C27H14F6N2S. The van der Waals surface area contributed by atoms with Crippen LogP contribution in [0.5, 0.6) is 0 Å². The topological polar surface area (TPSA) is 17.8 Å². The number of benzene rings is 4. The Bertz CT molecular complexity index is 1770. The number of hydrogen-bond acceptors (Lipinski definition) is 2. The van der Waals surface area contributed by atoms with Crippen LogP contribution in [0.25, 0.3) is 42.3 Å². The zero-order valence-corrected chi connectivity index (χ0v) is 19.0. The Hall–Kier alpha value is -3.85. The Labute approximate surface area is 204 Å². The molecule has 9 heteroatoms. The van der Waals surface area contributed by atoms with Gasteiger partial charge in [0.1, 0.15) is 23.0 Å². The normalized spacial score (nSPS) is 12.3. The second-order valence-electron chi connectivity index (χ2n) is 8.33. The van der Waals surface area contributed by atoms with E-state index < -0.39 is 41.3 Å². The minimum atomic E-state index is -4.69. The van der Waals surface area contributed by atoms with Crippen LogP contribution in [0.1, 0.15) is 11.1 Å². The number of alkyl halides is 3. The lowest BCUT2D eigenvalue weighted by atomic mass is 10.0. The van der Waals surface area contributed by atoms with Crippen LogP contribution in [-0.2, 0) is 12.7 Å². The van der Waals surface area contributed by atoms with E-state index in [0.717, 1.165) is 26.2 Å². The van der Waals surface area contributed by atoms with Crippen molar-refractivity contribution in [1.82, 2.24) is 9.78 Å². The molecule has 0 aliphatic carbocycles. The van der Waals surface area contributed by atoms with Gasteiger partial charge in [-0.3, -0.25) is 4.68 Å². The van der Waals surface area contributed by atoms with Gasteiger partial charge in [0.05, 0.1) is 17.8 Å². The smallest absolute Gasteiger partial charge is 0.259 e. The molecule has 2 aromatic heterocycles. The molecule has 0 spiro atoms. The van der Waals surface area contributed by atoms with E-state index in [2.05, 4.69) is 5.10 Å². The van der Waals surface area contributed by atoms with Crippen molar-refractivity contribution in [3.63, 3.8) is 0 Å². The maximum Gasteiger partial charge on any atom is 0.418 e. The largest absolute Gasteiger partial charge is 0.418 e. The predicted molar refractivity (Wildman–Crippen MR) is 128 cm³/mol. The van der Waals surface area contributed by atoms with Crippen molar-refractivity contribution in [1.29, 1.82) is 0 Å². The van der Waals surface area contributed by atoms with E-state index in [-0.39, 0.29) is 16.6 Å². The van der Waals surface area contributed by atoms with E-state index in [1.165, 1.54) is 28.2 Å². The Morgan fingerprint density at radius 2 is 1.44 bits per heavy atom. The van der Waals surface area contributed by atoms with Gasteiger partial charge >= 0.3 is 6.18 Å². The molecule has 180 valence electrons. The van der Waals surface area contributed by atoms with Crippen LogP contribution in [-0.4, -0.2) is 9.78 Å². The molecule has 0 aliphatic heterocycles. The molecule has 0 amide bonds. The summed E-state index contributed by atoms with van der Waals surface area (Å²) < 4.78 is 87.1. The maximum atomic E-state index is 14.5. The molecule has 2 heterocycles. The summed E-state index contributed by atoms with van der Waals surface area (Å²) in [5, 5.41) is 6.27. The summed E-state index contributed by atoms with van der Waals surface area (Å²) in [6.45, 7) is -0.527. The second-order valence-corrected chi connectivity index (χ2v) is 9.39. The quantitative estimate of drug-likeness (QED) is 0.217. The monoisotopic (exact) mass is 512 g/mol. The Kier molecular flexibility index (Phi) is 5.08. The summed E-state index contributed by atoms with van der Waals surface area (Å²) in [6.07, 6.45) is -4.69. The van der Waals surface area contributed by atoms with Crippen molar-refractivity contribution < 1.29 is 26.3 Å². The third-order valence-corrected chi connectivity index (χ3v) is 7.37. The number of thiophene rings is 1. The van der Waals surface area contributed by atoms with Crippen LogP contribution >= 0.6 is 11.3 Å². The molecule has 0 saturated carbocycles. The number of rotatable bonds is 3. The summed E-state index contributed by atoms with van der Waals surface area (Å²) in [4.78, 5) is 0. The third kappa shape index (κ3) is 3.53. The highest BCUT2D eigenvalue weighted by atomic mass is 32.1. The van der Waals surface area contributed by atoms with Gasteiger partial charge in [0, 0.05) is 48.8 Å². The first-order valence-corrected chi connectivity index (χ1v) is 11.6. The summed E-state index contributed by atoms with van der Waals surface area (Å²) in [6, 6.07) is 17.9. The first-order chi connectivity index (χ1) is 17.2. The van der Waals surface area contributed by atoms with E-state index in [1.807, 2.05) is 30.3 Å². The van der Waals surface area contributed by atoms with Crippen molar-refractivity contribution in [3.8, 4) is 11.3 Å². The number of fused-ring (bicyclic) bond motifs is 4. The molecule has 0 atom stereocenters. The average molecular weight is 512 g/mol. The fourth-order valence-electron chi connectivity index (χ4n) is 4.59. The second kappa shape index (κ2) is 8.09. The molecule has 0 aliphatic rings. The van der Waals surface area contributed by atoms with Gasteiger partial charge in [-0.2, -0.15) is 18.3 Å². The number of aromatic nitrogens is 2. The standard InChI is InChI=1S/C27H14F6N2S/c28-14-11-21(29)19(22(30)12-14)13-35-25(17-7-4-9-20(24(17)34-35)27(31,32)33)18-8-3-6-16-15-5-1-2-10-23(15)36-26(16)18/h1-12H,13H2. The van der Waals surface area contributed by atoms with Gasteiger partial charge in [-0.05, 0) is 12.1 Å². The summed E-state index contributed by atoms with van der Waals surface area (Å²) in [7, 11) is 0. The van der Waals surface area contributed by atoms with Crippen molar-refractivity contribution in [2.45, 2.75) is 12.7 Å². The zero-order valence-electron chi connectivity index (χ0n) is 18.2.